The predicted octanol–water partition coefficient (Wildman–Crippen LogP) is 4.12. The molecule has 0 atom stereocenters. The number of hydrogen-bond acceptors (Lipinski definition) is 4. The minimum Gasteiger partial charge on any atom is -0.497 e. The van der Waals surface area contributed by atoms with Crippen molar-refractivity contribution in [3.05, 3.63) is 52.7 Å². The molecule has 0 unspecified atom stereocenters. The van der Waals surface area contributed by atoms with Crippen LogP contribution in [0.2, 0.25) is 5.02 Å². The predicted molar refractivity (Wildman–Crippen MR) is 116 cm³/mol. The molecule has 6 nitrogen and oxygen atoms in total. The summed E-state index contributed by atoms with van der Waals surface area (Å²) in [5.74, 6) is 1.24. The third kappa shape index (κ3) is 8.13. The first kappa shape index (κ1) is 25.1. The van der Waals surface area contributed by atoms with Crippen LogP contribution in [0.3, 0.4) is 0 Å². The van der Waals surface area contributed by atoms with Crippen LogP contribution in [0.5, 0.6) is 11.6 Å². The number of nitrogens with one attached hydrogen (secondary N) is 2. The number of alkyl halides is 3. The molecule has 29 heavy (non-hydrogen) atoms. The van der Waals surface area contributed by atoms with E-state index in [1.165, 1.54) is 0 Å². The molecule has 2 rings (SSSR count). The fourth-order valence-corrected chi connectivity index (χ4v) is 2.41. The molecular weight excluding hydrogens is 524 g/mol. The molecule has 1 heterocycles. The van der Waals surface area contributed by atoms with Crippen molar-refractivity contribution < 1.29 is 22.6 Å². The standard InChI is InChI=1S/C18H20ClF3N4O2.HI/c1-23-17(26-10-12-4-3-5-14(8-12)27-2)24-6-7-28-16-15(19)9-13(11-25-16)18(20,21)22;/h3-5,8-9,11H,6-7,10H2,1-2H3,(H2,23,24,26);1H. The normalized spacial score (nSPS) is 11.4. The lowest BCUT2D eigenvalue weighted by Gasteiger charge is -2.13. The summed E-state index contributed by atoms with van der Waals surface area (Å²) in [6, 6.07) is 8.38. The fraction of sp³-hybridized carbons (Fsp3) is 0.333. The van der Waals surface area contributed by atoms with E-state index in [-0.39, 0.29) is 41.5 Å². The number of nitrogens with zero attached hydrogens (tertiary/aromatic N) is 2. The molecule has 0 saturated heterocycles. The Bertz CT molecular complexity index is 822. The van der Waals surface area contributed by atoms with Gasteiger partial charge in [-0.05, 0) is 23.8 Å². The number of methoxy groups -OCH3 is 1. The minimum absolute atomic E-state index is 0. The maximum absolute atomic E-state index is 12.6. The van der Waals surface area contributed by atoms with Crippen LogP contribution in [-0.4, -0.2) is 38.3 Å². The third-order valence-electron chi connectivity index (χ3n) is 3.59. The summed E-state index contributed by atoms with van der Waals surface area (Å²) in [5.41, 5.74) is 0.0874. The van der Waals surface area contributed by atoms with Gasteiger partial charge in [0.15, 0.2) is 5.96 Å². The van der Waals surface area contributed by atoms with Gasteiger partial charge in [0.05, 0.1) is 19.2 Å². The zero-order chi connectivity index (χ0) is 20.6. The van der Waals surface area contributed by atoms with E-state index in [9.17, 15) is 13.2 Å². The van der Waals surface area contributed by atoms with E-state index in [1.54, 1.807) is 14.2 Å². The van der Waals surface area contributed by atoms with Gasteiger partial charge in [-0.15, -0.1) is 24.0 Å². The smallest absolute Gasteiger partial charge is 0.417 e. The van der Waals surface area contributed by atoms with E-state index in [0.29, 0.717) is 25.2 Å². The van der Waals surface area contributed by atoms with E-state index >= 15 is 0 Å². The molecule has 0 radical (unpaired) electrons. The summed E-state index contributed by atoms with van der Waals surface area (Å²) in [5, 5.41) is 5.96. The number of rotatable bonds is 7. The summed E-state index contributed by atoms with van der Waals surface area (Å²) in [7, 11) is 3.22. The van der Waals surface area contributed by atoms with Gasteiger partial charge in [0.25, 0.3) is 0 Å². The lowest BCUT2D eigenvalue weighted by molar-refractivity contribution is -0.137. The van der Waals surface area contributed by atoms with Gasteiger partial charge in [-0.2, -0.15) is 13.2 Å². The molecule has 0 aliphatic rings. The quantitative estimate of drug-likeness (QED) is 0.238. The van der Waals surface area contributed by atoms with Crippen molar-refractivity contribution in [2.24, 2.45) is 4.99 Å². The summed E-state index contributed by atoms with van der Waals surface area (Å²) in [4.78, 5) is 7.70. The zero-order valence-electron chi connectivity index (χ0n) is 15.7. The summed E-state index contributed by atoms with van der Waals surface area (Å²) >= 11 is 5.79. The van der Waals surface area contributed by atoms with Crippen LogP contribution >= 0.6 is 35.6 Å². The second kappa shape index (κ2) is 11.9. The van der Waals surface area contributed by atoms with Crippen molar-refractivity contribution in [2.45, 2.75) is 12.7 Å². The van der Waals surface area contributed by atoms with Crippen LogP contribution in [0.1, 0.15) is 11.1 Å². The van der Waals surface area contributed by atoms with Crippen molar-refractivity contribution in [2.75, 3.05) is 27.3 Å². The lowest BCUT2D eigenvalue weighted by atomic mass is 10.2. The van der Waals surface area contributed by atoms with Crippen LogP contribution in [0.25, 0.3) is 0 Å². The number of aliphatic imine (C=N–C) groups is 1. The molecule has 11 heteroatoms. The second-order valence-corrected chi connectivity index (χ2v) is 5.97. The number of guanidine groups is 1. The molecule has 0 aliphatic heterocycles. The maximum atomic E-state index is 12.6. The molecule has 1 aromatic heterocycles. The summed E-state index contributed by atoms with van der Waals surface area (Å²) in [6.45, 7) is 1.01. The van der Waals surface area contributed by atoms with Crippen molar-refractivity contribution >= 4 is 41.5 Å². The Morgan fingerprint density at radius 3 is 2.62 bits per heavy atom. The first-order chi connectivity index (χ1) is 13.3. The summed E-state index contributed by atoms with van der Waals surface area (Å²) < 4.78 is 48.3. The SMILES string of the molecule is CN=C(NCCOc1ncc(C(F)(F)F)cc1Cl)NCc1cccc(OC)c1.I. The van der Waals surface area contributed by atoms with E-state index in [0.717, 1.165) is 17.4 Å². The highest BCUT2D eigenvalue weighted by Gasteiger charge is 2.31. The molecule has 0 amide bonds. The van der Waals surface area contributed by atoms with Gasteiger partial charge in [-0.1, -0.05) is 23.7 Å². The van der Waals surface area contributed by atoms with Crippen molar-refractivity contribution in [3.8, 4) is 11.6 Å². The van der Waals surface area contributed by atoms with E-state index in [2.05, 4.69) is 20.6 Å². The molecule has 1 aromatic carbocycles. The minimum atomic E-state index is -4.50. The Balaban J connectivity index is 0.00000420. The van der Waals surface area contributed by atoms with Crippen LogP contribution in [-0.2, 0) is 12.7 Å². The monoisotopic (exact) mass is 544 g/mol. The number of halogens is 5. The van der Waals surface area contributed by atoms with Crippen LogP contribution in [0.15, 0.2) is 41.5 Å². The van der Waals surface area contributed by atoms with Gasteiger partial charge in [0, 0.05) is 19.8 Å². The van der Waals surface area contributed by atoms with Crippen molar-refractivity contribution in [1.29, 1.82) is 0 Å². The average Bonchev–Trinajstić information content (AvgIpc) is 2.67. The van der Waals surface area contributed by atoms with Gasteiger partial charge in [0.1, 0.15) is 17.4 Å². The maximum Gasteiger partial charge on any atom is 0.417 e. The average molecular weight is 545 g/mol. The number of benzene rings is 1. The second-order valence-electron chi connectivity index (χ2n) is 5.56. The number of hydrogen-bond donors (Lipinski definition) is 2. The highest BCUT2D eigenvalue weighted by Crippen LogP contribution is 2.32. The van der Waals surface area contributed by atoms with Crippen LogP contribution in [0.4, 0.5) is 13.2 Å². The number of ether oxygens (including phenoxy) is 2. The van der Waals surface area contributed by atoms with Crippen LogP contribution in [0, 0.1) is 0 Å². The number of aromatic nitrogens is 1. The van der Waals surface area contributed by atoms with Gasteiger partial charge in [-0.3, -0.25) is 4.99 Å². The third-order valence-corrected chi connectivity index (χ3v) is 3.86. The molecule has 2 N–H and O–H groups in total. The molecule has 0 fully saturated rings. The zero-order valence-corrected chi connectivity index (χ0v) is 18.8. The largest absolute Gasteiger partial charge is 0.497 e. The van der Waals surface area contributed by atoms with E-state index in [1.807, 2.05) is 24.3 Å². The van der Waals surface area contributed by atoms with Gasteiger partial charge in [0.2, 0.25) is 5.88 Å². The molecule has 0 spiro atoms. The molecule has 0 bridgehead atoms. The highest BCUT2D eigenvalue weighted by molar-refractivity contribution is 14.0. The Labute approximate surface area is 188 Å². The highest BCUT2D eigenvalue weighted by atomic mass is 127. The topological polar surface area (TPSA) is 67.8 Å². The van der Waals surface area contributed by atoms with Gasteiger partial charge < -0.3 is 20.1 Å². The fourth-order valence-electron chi connectivity index (χ4n) is 2.19. The molecule has 2 aromatic rings. The lowest BCUT2D eigenvalue weighted by Crippen LogP contribution is -2.38. The first-order valence-corrected chi connectivity index (χ1v) is 8.64. The molecular formula is C18H21ClF3IN4O2. The summed E-state index contributed by atoms with van der Waals surface area (Å²) in [6.07, 6.45) is -3.82. The van der Waals surface area contributed by atoms with Gasteiger partial charge in [-0.25, -0.2) is 4.98 Å². The molecule has 160 valence electrons. The Hall–Kier alpha value is -1.95. The van der Waals surface area contributed by atoms with Crippen molar-refractivity contribution in [1.82, 2.24) is 15.6 Å². The van der Waals surface area contributed by atoms with Crippen molar-refractivity contribution in [3.63, 3.8) is 0 Å². The Kier molecular flexibility index (Phi) is 10.3. The van der Waals surface area contributed by atoms with E-state index < -0.39 is 11.7 Å². The Morgan fingerprint density at radius 2 is 2.00 bits per heavy atom. The molecule has 0 aliphatic carbocycles. The van der Waals surface area contributed by atoms with Crippen LogP contribution < -0.4 is 20.1 Å². The first-order valence-electron chi connectivity index (χ1n) is 8.26. The van der Waals surface area contributed by atoms with Gasteiger partial charge >= 0.3 is 6.18 Å². The molecule has 0 saturated carbocycles. The van der Waals surface area contributed by atoms with E-state index in [4.69, 9.17) is 21.1 Å². The number of pyridine rings is 1. The Morgan fingerprint density at radius 1 is 1.24 bits per heavy atom.